The number of nitrogens with zero attached hydrogens (tertiary/aromatic N) is 3. The average Bonchev–Trinajstić information content (AvgIpc) is 3.14. The Kier molecular flexibility index (Phi) is 3.16. The predicted octanol–water partition coefficient (Wildman–Crippen LogP) is 3.61. The van der Waals surface area contributed by atoms with Gasteiger partial charge in [0, 0.05) is 22.6 Å². The van der Waals surface area contributed by atoms with Crippen LogP contribution in [-0.2, 0) is 7.05 Å². The van der Waals surface area contributed by atoms with Crippen molar-refractivity contribution >= 4 is 27.0 Å². The summed E-state index contributed by atoms with van der Waals surface area (Å²) in [5, 5.41) is 4.00. The van der Waals surface area contributed by atoms with Crippen LogP contribution >= 0.6 is 15.9 Å². The third-order valence-electron chi connectivity index (χ3n) is 3.57. The molecule has 4 rings (SSSR count). The zero-order valence-electron chi connectivity index (χ0n) is 12.0. The molecule has 0 aliphatic heterocycles. The molecule has 2 aromatic carbocycles. The number of hydrogen-bond acceptors (Lipinski definition) is 5. The highest BCUT2D eigenvalue weighted by Gasteiger charge is 2.13. The minimum atomic E-state index is -0.402. The summed E-state index contributed by atoms with van der Waals surface area (Å²) in [7, 11) is 1.66. The molecule has 0 radical (unpaired) electrons. The Hall–Kier alpha value is -2.67. The minimum Gasteiger partial charge on any atom is -0.408 e. The molecular formula is C16H10BrN3O3. The SMILES string of the molecule is Cn1c(=O)oc2cc(-c3noc(-c4ccc(Br)cc4)n3)ccc21. The van der Waals surface area contributed by atoms with Gasteiger partial charge < -0.3 is 8.94 Å². The van der Waals surface area contributed by atoms with Crippen LogP contribution < -0.4 is 5.76 Å². The van der Waals surface area contributed by atoms with Crippen molar-refractivity contribution in [1.82, 2.24) is 14.7 Å². The van der Waals surface area contributed by atoms with E-state index < -0.39 is 5.76 Å². The highest BCUT2D eigenvalue weighted by atomic mass is 79.9. The van der Waals surface area contributed by atoms with Gasteiger partial charge in [-0.3, -0.25) is 4.57 Å². The fraction of sp³-hybridized carbons (Fsp3) is 0.0625. The molecule has 2 aromatic heterocycles. The third kappa shape index (κ3) is 2.39. The molecule has 0 aliphatic carbocycles. The zero-order chi connectivity index (χ0) is 16.0. The molecule has 0 atom stereocenters. The second-order valence-corrected chi connectivity index (χ2v) is 5.96. The first-order valence-electron chi connectivity index (χ1n) is 6.81. The number of halogens is 1. The van der Waals surface area contributed by atoms with Crippen LogP contribution in [0.15, 0.2) is 60.7 Å². The molecule has 0 saturated carbocycles. The standard InChI is InChI=1S/C16H10BrN3O3/c1-20-12-7-4-10(8-13(12)22-16(20)21)14-18-15(23-19-14)9-2-5-11(17)6-3-9/h2-8H,1H3. The van der Waals surface area contributed by atoms with Gasteiger partial charge in [0.15, 0.2) is 5.58 Å². The van der Waals surface area contributed by atoms with Gasteiger partial charge in [-0.1, -0.05) is 21.1 Å². The maximum absolute atomic E-state index is 11.5. The monoisotopic (exact) mass is 371 g/mol. The van der Waals surface area contributed by atoms with E-state index in [0.29, 0.717) is 17.3 Å². The first-order valence-corrected chi connectivity index (χ1v) is 7.61. The van der Waals surface area contributed by atoms with Crippen molar-refractivity contribution in [3.63, 3.8) is 0 Å². The van der Waals surface area contributed by atoms with E-state index in [1.165, 1.54) is 4.57 Å². The summed E-state index contributed by atoms with van der Waals surface area (Å²) in [5.74, 6) is 0.472. The summed E-state index contributed by atoms with van der Waals surface area (Å²) < 4.78 is 12.9. The molecule has 0 unspecified atom stereocenters. The van der Waals surface area contributed by atoms with Crippen LogP contribution in [0.4, 0.5) is 0 Å². The van der Waals surface area contributed by atoms with Gasteiger partial charge in [0.25, 0.3) is 5.89 Å². The molecule has 0 N–H and O–H groups in total. The van der Waals surface area contributed by atoms with Crippen LogP contribution in [0.1, 0.15) is 0 Å². The van der Waals surface area contributed by atoms with E-state index in [0.717, 1.165) is 21.1 Å². The van der Waals surface area contributed by atoms with Gasteiger partial charge in [-0.2, -0.15) is 4.98 Å². The first-order chi connectivity index (χ1) is 11.1. The molecule has 114 valence electrons. The van der Waals surface area contributed by atoms with Gasteiger partial charge in [0.05, 0.1) is 5.52 Å². The van der Waals surface area contributed by atoms with Crippen LogP contribution in [0.25, 0.3) is 33.9 Å². The quantitative estimate of drug-likeness (QED) is 0.538. The number of hydrogen-bond donors (Lipinski definition) is 0. The second-order valence-electron chi connectivity index (χ2n) is 5.04. The molecule has 6 nitrogen and oxygen atoms in total. The van der Waals surface area contributed by atoms with E-state index in [4.69, 9.17) is 8.94 Å². The normalized spacial score (nSPS) is 11.2. The van der Waals surface area contributed by atoms with E-state index in [-0.39, 0.29) is 0 Å². The summed E-state index contributed by atoms with van der Waals surface area (Å²) in [6.07, 6.45) is 0. The Morgan fingerprint density at radius 3 is 2.61 bits per heavy atom. The van der Waals surface area contributed by atoms with Gasteiger partial charge in [-0.15, -0.1) is 0 Å². The Morgan fingerprint density at radius 2 is 1.83 bits per heavy atom. The van der Waals surface area contributed by atoms with Crippen LogP contribution in [0.2, 0.25) is 0 Å². The molecule has 0 amide bonds. The lowest BCUT2D eigenvalue weighted by Gasteiger charge is -1.95. The highest BCUT2D eigenvalue weighted by molar-refractivity contribution is 9.10. The largest absolute Gasteiger partial charge is 0.419 e. The lowest BCUT2D eigenvalue weighted by atomic mass is 10.2. The van der Waals surface area contributed by atoms with Gasteiger partial charge in [-0.05, 0) is 42.5 Å². The zero-order valence-corrected chi connectivity index (χ0v) is 13.6. The van der Waals surface area contributed by atoms with Crippen molar-refractivity contribution in [1.29, 1.82) is 0 Å². The van der Waals surface area contributed by atoms with Crippen molar-refractivity contribution in [3.8, 4) is 22.8 Å². The van der Waals surface area contributed by atoms with E-state index in [1.807, 2.05) is 30.3 Å². The van der Waals surface area contributed by atoms with E-state index in [1.54, 1.807) is 19.2 Å². The Bertz CT molecular complexity index is 1060. The predicted molar refractivity (Wildman–Crippen MR) is 87.9 cm³/mol. The van der Waals surface area contributed by atoms with E-state index >= 15 is 0 Å². The summed E-state index contributed by atoms with van der Waals surface area (Å²) in [5.41, 5.74) is 2.76. The smallest absolute Gasteiger partial charge is 0.408 e. The van der Waals surface area contributed by atoms with Crippen molar-refractivity contribution in [3.05, 3.63) is 57.5 Å². The number of aryl methyl sites for hydroxylation is 1. The lowest BCUT2D eigenvalue weighted by Crippen LogP contribution is -2.08. The summed E-state index contributed by atoms with van der Waals surface area (Å²) in [4.78, 5) is 15.9. The molecule has 7 heteroatoms. The Labute approximate surface area is 138 Å². The number of fused-ring (bicyclic) bond motifs is 1. The van der Waals surface area contributed by atoms with Crippen molar-refractivity contribution in [2.24, 2.45) is 7.05 Å². The number of rotatable bonds is 2. The maximum atomic E-state index is 11.5. The van der Waals surface area contributed by atoms with Crippen LogP contribution in [0.3, 0.4) is 0 Å². The molecule has 0 saturated heterocycles. The number of oxazole rings is 1. The van der Waals surface area contributed by atoms with Gasteiger partial charge in [0.2, 0.25) is 5.82 Å². The minimum absolute atomic E-state index is 0.402. The second kappa shape index (κ2) is 5.20. The molecular weight excluding hydrogens is 362 g/mol. The van der Waals surface area contributed by atoms with Gasteiger partial charge in [0.1, 0.15) is 0 Å². The fourth-order valence-electron chi connectivity index (χ4n) is 2.32. The fourth-order valence-corrected chi connectivity index (χ4v) is 2.59. The van der Waals surface area contributed by atoms with Gasteiger partial charge >= 0.3 is 5.76 Å². The summed E-state index contributed by atoms with van der Waals surface area (Å²) >= 11 is 3.39. The Balaban J connectivity index is 1.76. The molecule has 2 heterocycles. The summed E-state index contributed by atoms with van der Waals surface area (Å²) in [6.45, 7) is 0. The molecule has 0 fully saturated rings. The van der Waals surface area contributed by atoms with Crippen molar-refractivity contribution in [2.45, 2.75) is 0 Å². The lowest BCUT2D eigenvalue weighted by molar-refractivity contribution is 0.432. The van der Waals surface area contributed by atoms with Crippen LogP contribution in [0, 0.1) is 0 Å². The highest BCUT2D eigenvalue weighted by Crippen LogP contribution is 2.25. The molecule has 0 spiro atoms. The number of benzene rings is 2. The van der Waals surface area contributed by atoms with Crippen LogP contribution in [0.5, 0.6) is 0 Å². The van der Waals surface area contributed by atoms with E-state index in [2.05, 4.69) is 26.1 Å². The summed E-state index contributed by atoms with van der Waals surface area (Å²) in [6, 6.07) is 12.9. The van der Waals surface area contributed by atoms with Gasteiger partial charge in [-0.25, -0.2) is 4.79 Å². The molecule has 0 bridgehead atoms. The van der Waals surface area contributed by atoms with Crippen LogP contribution in [-0.4, -0.2) is 14.7 Å². The molecule has 4 aromatic rings. The topological polar surface area (TPSA) is 74.1 Å². The Morgan fingerprint density at radius 1 is 1.09 bits per heavy atom. The molecule has 0 aliphatic rings. The van der Waals surface area contributed by atoms with Crippen molar-refractivity contribution in [2.75, 3.05) is 0 Å². The molecule has 23 heavy (non-hydrogen) atoms. The average molecular weight is 372 g/mol. The maximum Gasteiger partial charge on any atom is 0.419 e. The third-order valence-corrected chi connectivity index (χ3v) is 4.10. The van der Waals surface area contributed by atoms with E-state index in [9.17, 15) is 4.79 Å². The first kappa shape index (κ1) is 14.0. The number of aromatic nitrogens is 3. The van der Waals surface area contributed by atoms with Crippen molar-refractivity contribution < 1.29 is 8.94 Å².